The average Bonchev–Trinajstić information content (AvgIpc) is 3.11. The zero-order valence-corrected chi connectivity index (χ0v) is 20.2. The van der Waals surface area contributed by atoms with E-state index in [9.17, 15) is 4.79 Å². The number of nitrogens with one attached hydrogen (secondary N) is 1. The zero-order chi connectivity index (χ0) is 24.0. The van der Waals surface area contributed by atoms with Crippen LogP contribution in [0, 0.1) is 13.8 Å². The Hall–Kier alpha value is -3.48. The number of hydrogen-bond acceptors (Lipinski definition) is 6. The van der Waals surface area contributed by atoms with Gasteiger partial charge in [0.1, 0.15) is 24.7 Å². The number of carbonyl (C=O) groups excluding carboxylic acids is 1. The van der Waals surface area contributed by atoms with Crippen molar-refractivity contribution in [1.82, 2.24) is 10.5 Å². The Morgan fingerprint density at radius 2 is 1.76 bits per heavy atom. The molecule has 0 unspecified atom stereocenters. The maximum absolute atomic E-state index is 12.5. The Kier molecular flexibility index (Phi) is 7.63. The van der Waals surface area contributed by atoms with Gasteiger partial charge in [-0.05, 0) is 55.2 Å². The van der Waals surface area contributed by atoms with Gasteiger partial charge in [0, 0.05) is 5.56 Å². The van der Waals surface area contributed by atoms with Gasteiger partial charge in [-0.25, -0.2) is 0 Å². The number of methoxy groups -OCH3 is 1. The predicted molar refractivity (Wildman–Crippen MR) is 126 cm³/mol. The van der Waals surface area contributed by atoms with Crippen molar-refractivity contribution in [2.45, 2.75) is 46.6 Å². The Morgan fingerprint density at radius 1 is 1.03 bits per heavy atom. The van der Waals surface area contributed by atoms with Gasteiger partial charge in [0.15, 0.2) is 11.5 Å². The number of benzene rings is 2. The second-order valence-corrected chi connectivity index (χ2v) is 8.84. The largest absolute Gasteiger partial charge is 0.493 e. The third-order valence-electron chi connectivity index (χ3n) is 5.36. The summed E-state index contributed by atoms with van der Waals surface area (Å²) in [5.41, 5.74) is 3.51. The molecule has 33 heavy (non-hydrogen) atoms. The van der Waals surface area contributed by atoms with Gasteiger partial charge in [-0.3, -0.25) is 4.79 Å². The Balaban J connectivity index is 1.51. The van der Waals surface area contributed by atoms with Gasteiger partial charge in [-0.1, -0.05) is 38.1 Å². The molecular weight excluding hydrogens is 420 g/mol. The number of ether oxygens (including phenoxy) is 3. The maximum atomic E-state index is 12.5. The molecule has 7 heteroatoms. The molecule has 0 fully saturated rings. The summed E-state index contributed by atoms with van der Waals surface area (Å²) in [6.45, 7) is 11.3. The topological polar surface area (TPSA) is 82.8 Å². The molecule has 1 N–H and O–H groups in total. The third-order valence-corrected chi connectivity index (χ3v) is 5.36. The van der Waals surface area contributed by atoms with Gasteiger partial charge >= 0.3 is 0 Å². The molecule has 0 spiro atoms. The van der Waals surface area contributed by atoms with E-state index in [1.165, 1.54) is 5.56 Å². The van der Waals surface area contributed by atoms with Gasteiger partial charge in [-0.15, -0.1) is 0 Å². The molecule has 3 rings (SSSR count). The van der Waals surface area contributed by atoms with Gasteiger partial charge in [-0.2, -0.15) is 0 Å². The van der Waals surface area contributed by atoms with Gasteiger partial charge in [0.2, 0.25) is 0 Å². The molecule has 0 aliphatic rings. The van der Waals surface area contributed by atoms with E-state index in [0.717, 1.165) is 22.8 Å². The van der Waals surface area contributed by atoms with E-state index in [1.807, 2.05) is 26.0 Å². The first kappa shape index (κ1) is 24.2. The van der Waals surface area contributed by atoms with Crippen LogP contribution in [-0.2, 0) is 12.0 Å². The summed E-state index contributed by atoms with van der Waals surface area (Å²) < 4.78 is 22.2. The summed E-state index contributed by atoms with van der Waals surface area (Å²) in [7, 11) is 1.54. The Morgan fingerprint density at radius 3 is 2.36 bits per heavy atom. The monoisotopic (exact) mass is 452 g/mol. The van der Waals surface area contributed by atoms with Gasteiger partial charge < -0.3 is 24.1 Å². The van der Waals surface area contributed by atoms with Crippen LogP contribution < -0.4 is 19.5 Å². The fourth-order valence-corrected chi connectivity index (χ4v) is 3.27. The van der Waals surface area contributed by atoms with Gasteiger partial charge in [0.25, 0.3) is 5.91 Å². The summed E-state index contributed by atoms with van der Waals surface area (Å²) in [6.07, 6.45) is 0. The highest BCUT2D eigenvalue weighted by molar-refractivity contribution is 5.94. The smallest absolute Gasteiger partial charge is 0.251 e. The maximum Gasteiger partial charge on any atom is 0.251 e. The Bertz CT molecular complexity index is 1060. The summed E-state index contributed by atoms with van der Waals surface area (Å²) in [4.78, 5) is 12.5. The van der Waals surface area contributed by atoms with E-state index in [2.05, 4.69) is 43.4 Å². The lowest BCUT2D eigenvalue weighted by Gasteiger charge is -2.19. The molecule has 0 atom stereocenters. The molecule has 0 saturated carbocycles. The predicted octanol–water partition coefficient (Wildman–Crippen LogP) is 4.99. The van der Waals surface area contributed by atoms with Crippen molar-refractivity contribution < 1.29 is 23.5 Å². The summed E-state index contributed by atoms with van der Waals surface area (Å²) in [6, 6.07) is 13.1. The van der Waals surface area contributed by atoms with Crippen molar-refractivity contribution in [3.63, 3.8) is 0 Å². The van der Waals surface area contributed by atoms with Crippen molar-refractivity contribution in [2.24, 2.45) is 0 Å². The van der Waals surface area contributed by atoms with Crippen LogP contribution >= 0.6 is 0 Å². The van der Waals surface area contributed by atoms with Crippen molar-refractivity contribution in [3.8, 4) is 17.2 Å². The highest BCUT2D eigenvalue weighted by atomic mass is 16.5. The first-order chi connectivity index (χ1) is 15.7. The van der Waals surface area contributed by atoms with Crippen molar-refractivity contribution in [3.05, 3.63) is 70.6 Å². The van der Waals surface area contributed by atoms with Crippen molar-refractivity contribution in [2.75, 3.05) is 20.3 Å². The minimum absolute atomic E-state index is 0.0997. The summed E-state index contributed by atoms with van der Waals surface area (Å²) >= 11 is 0. The van der Waals surface area contributed by atoms with Crippen LogP contribution in [0.15, 0.2) is 47.0 Å². The molecule has 0 saturated heterocycles. The van der Waals surface area contributed by atoms with Crippen LogP contribution in [0.1, 0.15) is 53.7 Å². The SMILES string of the molecule is COc1cc(C(=O)NCCOc2ccc(C(C)(C)C)cc2)ccc1OCc1c(C)noc1C. The van der Waals surface area contributed by atoms with Crippen LogP contribution in [0.2, 0.25) is 0 Å². The molecule has 7 nitrogen and oxygen atoms in total. The van der Waals surface area contributed by atoms with Crippen LogP contribution in [0.4, 0.5) is 0 Å². The fourth-order valence-electron chi connectivity index (χ4n) is 3.27. The fraction of sp³-hybridized carbons (Fsp3) is 0.385. The summed E-state index contributed by atoms with van der Waals surface area (Å²) in [5.74, 6) is 2.30. The second kappa shape index (κ2) is 10.4. The number of aromatic nitrogens is 1. The first-order valence-corrected chi connectivity index (χ1v) is 10.9. The molecule has 0 aliphatic heterocycles. The highest BCUT2D eigenvalue weighted by Crippen LogP contribution is 2.29. The van der Waals surface area contributed by atoms with Crippen LogP contribution in [0.3, 0.4) is 0 Å². The lowest BCUT2D eigenvalue weighted by molar-refractivity contribution is 0.0946. The quantitative estimate of drug-likeness (QED) is 0.461. The van der Waals surface area contributed by atoms with Crippen LogP contribution in [-0.4, -0.2) is 31.3 Å². The molecule has 3 aromatic rings. The molecule has 1 aromatic heterocycles. The van der Waals surface area contributed by atoms with Crippen molar-refractivity contribution >= 4 is 5.91 Å². The molecule has 1 amide bonds. The average molecular weight is 453 g/mol. The van der Waals surface area contributed by atoms with Gasteiger partial charge in [0.05, 0.1) is 24.9 Å². The minimum atomic E-state index is -0.211. The second-order valence-electron chi connectivity index (χ2n) is 8.84. The highest BCUT2D eigenvalue weighted by Gasteiger charge is 2.15. The number of nitrogens with zero attached hydrogens (tertiary/aromatic N) is 1. The zero-order valence-electron chi connectivity index (χ0n) is 20.2. The molecule has 0 radical (unpaired) electrons. The number of rotatable bonds is 9. The van der Waals surface area contributed by atoms with E-state index < -0.39 is 0 Å². The molecular formula is C26H32N2O5. The minimum Gasteiger partial charge on any atom is -0.493 e. The number of amides is 1. The van der Waals surface area contributed by atoms with Crippen LogP contribution in [0.5, 0.6) is 17.2 Å². The van der Waals surface area contributed by atoms with E-state index in [1.54, 1.807) is 25.3 Å². The van der Waals surface area contributed by atoms with Crippen molar-refractivity contribution in [1.29, 1.82) is 0 Å². The van der Waals surface area contributed by atoms with E-state index in [-0.39, 0.29) is 11.3 Å². The van der Waals surface area contributed by atoms with E-state index in [4.69, 9.17) is 18.7 Å². The molecule has 2 aromatic carbocycles. The lowest BCUT2D eigenvalue weighted by Crippen LogP contribution is -2.28. The van der Waals surface area contributed by atoms with Crippen LogP contribution in [0.25, 0.3) is 0 Å². The van der Waals surface area contributed by atoms with E-state index in [0.29, 0.717) is 36.8 Å². The normalized spacial score (nSPS) is 11.2. The lowest BCUT2D eigenvalue weighted by atomic mass is 9.87. The third kappa shape index (κ3) is 6.28. The number of aryl methyl sites for hydroxylation is 2. The molecule has 1 heterocycles. The first-order valence-electron chi connectivity index (χ1n) is 10.9. The number of hydrogen-bond donors (Lipinski definition) is 1. The standard InChI is InChI=1S/C26H32N2O5/c1-17-22(18(2)33-28-17)16-32-23-12-7-19(15-24(23)30-6)25(29)27-13-14-31-21-10-8-20(9-11-21)26(3,4)5/h7-12,15H,13-14,16H2,1-6H3,(H,27,29). The molecule has 0 aliphatic carbocycles. The molecule has 0 bridgehead atoms. The summed E-state index contributed by atoms with van der Waals surface area (Å²) in [5, 5.41) is 6.79. The number of carbonyl (C=O) groups is 1. The molecule has 176 valence electrons. The van der Waals surface area contributed by atoms with E-state index >= 15 is 0 Å². The Labute approximate surface area is 195 Å².